The van der Waals surface area contributed by atoms with Crippen molar-refractivity contribution in [3.63, 3.8) is 0 Å². The summed E-state index contributed by atoms with van der Waals surface area (Å²) in [6.45, 7) is 17.1. The standard InChI is InChI=1S/C30H46O3/c1-25(2)20-10-13-30(7)21(28(20,5)12-11-22(25)31)9-8-18-19-16-26(3)17-23(33-24(26)32)27(19,4)14-15-29(18,30)6/h8,19-23,31H,9-17H2,1-7H3/t19-,20-,21+,22+,23-,26-,27+,28-,29+,30+/m0/s1. The van der Waals surface area contributed by atoms with Crippen molar-refractivity contribution in [2.45, 2.75) is 118 Å². The molecule has 1 heterocycles. The number of hydrogen-bond acceptors (Lipinski definition) is 3. The molecule has 0 aromatic rings. The third-order valence-corrected chi connectivity index (χ3v) is 13.6. The average Bonchev–Trinajstić information content (AvgIpc) is 3.00. The number of aliphatic hydroxyl groups excluding tert-OH is 1. The first-order valence-corrected chi connectivity index (χ1v) is 13.8. The minimum atomic E-state index is -0.293. The van der Waals surface area contributed by atoms with Crippen LogP contribution in [0.3, 0.4) is 0 Å². The maximum Gasteiger partial charge on any atom is 0.312 e. The van der Waals surface area contributed by atoms with Gasteiger partial charge in [-0.05, 0) is 97.7 Å². The lowest BCUT2D eigenvalue weighted by Crippen LogP contribution is -2.65. The van der Waals surface area contributed by atoms with Crippen LogP contribution in [-0.2, 0) is 9.53 Å². The number of carbonyl (C=O) groups excluding carboxylic acids is 1. The van der Waals surface area contributed by atoms with Gasteiger partial charge in [0.2, 0.25) is 0 Å². The molecular weight excluding hydrogens is 408 g/mol. The normalized spacial score (nSPS) is 58.8. The summed E-state index contributed by atoms with van der Waals surface area (Å²) in [6.07, 6.45) is 12.6. The van der Waals surface area contributed by atoms with Crippen LogP contribution in [0.15, 0.2) is 11.6 Å². The first-order chi connectivity index (χ1) is 15.2. The van der Waals surface area contributed by atoms with Gasteiger partial charge in [-0.15, -0.1) is 0 Å². The van der Waals surface area contributed by atoms with Gasteiger partial charge in [0.05, 0.1) is 11.5 Å². The third kappa shape index (κ3) is 2.44. The highest BCUT2D eigenvalue weighted by Gasteiger charge is 2.70. The first-order valence-electron chi connectivity index (χ1n) is 13.8. The number of ether oxygens (including phenoxy) is 1. The van der Waals surface area contributed by atoms with Gasteiger partial charge in [0.25, 0.3) is 0 Å². The molecule has 0 aromatic carbocycles. The highest BCUT2D eigenvalue weighted by molar-refractivity contribution is 5.79. The summed E-state index contributed by atoms with van der Waals surface area (Å²) in [5, 5.41) is 10.9. The minimum Gasteiger partial charge on any atom is -0.461 e. The molecular formula is C30H46O3. The molecule has 10 atom stereocenters. The van der Waals surface area contributed by atoms with Crippen LogP contribution in [0.4, 0.5) is 0 Å². The fourth-order valence-corrected chi connectivity index (χ4v) is 11.1. The van der Waals surface area contributed by atoms with Crippen LogP contribution in [-0.4, -0.2) is 23.3 Å². The first kappa shape index (κ1) is 22.6. The Kier molecular flexibility index (Phi) is 4.31. The second kappa shape index (κ2) is 6.29. The SMILES string of the molecule is CC1(C)[C@H](O)CC[C@]2(C)[C@H]3CC=C4[C@@H]5C[C@@]6(C)C[C@H](OC6=O)[C@]5(C)CC[C@@]4(C)[C@]3(C)CC[C@@H]12. The zero-order valence-electron chi connectivity index (χ0n) is 22.1. The van der Waals surface area contributed by atoms with E-state index in [9.17, 15) is 9.90 Å². The van der Waals surface area contributed by atoms with Gasteiger partial charge in [-0.1, -0.05) is 53.2 Å². The van der Waals surface area contributed by atoms with Gasteiger partial charge in [0, 0.05) is 11.8 Å². The number of rotatable bonds is 0. The van der Waals surface area contributed by atoms with E-state index in [-0.39, 0.29) is 50.7 Å². The van der Waals surface area contributed by atoms with Crippen LogP contribution in [0.2, 0.25) is 0 Å². The van der Waals surface area contributed by atoms with E-state index in [4.69, 9.17) is 4.74 Å². The Bertz CT molecular complexity index is 935. The molecule has 1 saturated heterocycles. The predicted molar refractivity (Wildman–Crippen MR) is 130 cm³/mol. The van der Waals surface area contributed by atoms with Crippen LogP contribution in [0.1, 0.15) is 106 Å². The molecule has 4 saturated carbocycles. The molecule has 3 heteroatoms. The van der Waals surface area contributed by atoms with Crippen molar-refractivity contribution in [2.75, 3.05) is 0 Å². The van der Waals surface area contributed by atoms with E-state index in [0.717, 1.165) is 25.7 Å². The van der Waals surface area contributed by atoms with Crippen LogP contribution < -0.4 is 0 Å². The maximum atomic E-state index is 12.8. The average molecular weight is 455 g/mol. The van der Waals surface area contributed by atoms with E-state index in [2.05, 4.69) is 54.5 Å². The molecule has 2 bridgehead atoms. The zero-order chi connectivity index (χ0) is 23.8. The van der Waals surface area contributed by atoms with E-state index < -0.39 is 0 Å². The van der Waals surface area contributed by atoms with Crippen molar-refractivity contribution >= 4 is 5.97 Å². The molecule has 3 nitrogen and oxygen atoms in total. The summed E-state index contributed by atoms with van der Waals surface area (Å²) in [5.74, 6) is 1.79. The van der Waals surface area contributed by atoms with Crippen LogP contribution >= 0.6 is 0 Å². The van der Waals surface area contributed by atoms with Gasteiger partial charge in [-0.25, -0.2) is 0 Å². The van der Waals surface area contributed by atoms with Crippen LogP contribution in [0, 0.1) is 50.2 Å². The molecule has 1 aliphatic heterocycles. The zero-order valence-corrected chi connectivity index (χ0v) is 22.1. The second-order valence-corrected chi connectivity index (χ2v) is 15.1. The van der Waals surface area contributed by atoms with E-state index in [1.165, 1.54) is 32.1 Å². The molecule has 0 unspecified atom stereocenters. The summed E-state index contributed by atoms with van der Waals surface area (Å²) in [6, 6.07) is 0. The number of allylic oxidation sites excluding steroid dienone is 2. The Morgan fingerprint density at radius 2 is 1.61 bits per heavy atom. The van der Waals surface area contributed by atoms with Crippen molar-refractivity contribution < 1.29 is 14.6 Å². The molecule has 1 N–H and O–H groups in total. The van der Waals surface area contributed by atoms with Gasteiger partial charge in [0.1, 0.15) is 6.10 Å². The number of aliphatic hydroxyl groups is 1. The Labute approximate surface area is 201 Å². The molecule has 184 valence electrons. The molecule has 0 amide bonds. The topological polar surface area (TPSA) is 46.5 Å². The smallest absolute Gasteiger partial charge is 0.312 e. The second-order valence-electron chi connectivity index (χ2n) is 15.1. The largest absolute Gasteiger partial charge is 0.461 e. The van der Waals surface area contributed by atoms with Gasteiger partial charge >= 0.3 is 5.97 Å². The Balaban J connectivity index is 1.43. The molecule has 6 rings (SSSR count). The number of fused-ring (bicyclic) bond motifs is 10. The van der Waals surface area contributed by atoms with Crippen LogP contribution in [0.5, 0.6) is 0 Å². The molecule has 33 heavy (non-hydrogen) atoms. The van der Waals surface area contributed by atoms with E-state index >= 15 is 0 Å². The van der Waals surface area contributed by atoms with Gasteiger partial charge in [-0.2, -0.15) is 0 Å². The van der Waals surface area contributed by atoms with Gasteiger partial charge < -0.3 is 9.84 Å². The highest BCUT2D eigenvalue weighted by Crippen LogP contribution is 2.76. The quantitative estimate of drug-likeness (QED) is 0.328. The fourth-order valence-electron chi connectivity index (χ4n) is 11.1. The summed E-state index contributed by atoms with van der Waals surface area (Å²) in [4.78, 5) is 12.8. The predicted octanol–water partition coefficient (Wildman–Crippen LogP) is 6.68. The monoisotopic (exact) mass is 454 g/mol. The van der Waals surface area contributed by atoms with E-state index in [1.807, 2.05) is 0 Å². The van der Waals surface area contributed by atoms with Crippen molar-refractivity contribution in [1.82, 2.24) is 0 Å². The Morgan fingerprint density at radius 3 is 2.33 bits per heavy atom. The molecule has 0 aromatic heterocycles. The highest BCUT2D eigenvalue weighted by atomic mass is 16.6. The summed E-state index contributed by atoms with van der Waals surface area (Å²) < 4.78 is 6.03. The molecule has 5 aliphatic carbocycles. The molecule has 0 spiro atoms. The van der Waals surface area contributed by atoms with Crippen molar-refractivity contribution in [3.8, 4) is 0 Å². The Hall–Kier alpha value is -0.830. The lowest BCUT2D eigenvalue weighted by Gasteiger charge is -2.71. The Morgan fingerprint density at radius 1 is 0.879 bits per heavy atom. The lowest BCUT2D eigenvalue weighted by molar-refractivity contribution is -0.204. The van der Waals surface area contributed by atoms with Crippen molar-refractivity contribution in [1.29, 1.82) is 0 Å². The van der Waals surface area contributed by atoms with Crippen molar-refractivity contribution in [2.24, 2.45) is 50.2 Å². The summed E-state index contributed by atoms with van der Waals surface area (Å²) in [7, 11) is 0. The third-order valence-electron chi connectivity index (χ3n) is 13.6. The summed E-state index contributed by atoms with van der Waals surface area (Å²) >= 11 is 0. The van der Waals surface area contributed by atoms with Crippen molar-refractivity contribution in [3.05, 3.63) is 11.6 Å². The lowest BCUT2D eigenvalue weighted by atomic mass is 9.33. The molecule has 0 radical (unpaired) electrons. The molecule has 5 fully saturated rings. The van der Waals surface area contributed by atoms with E-state index in [1.54, 1.807) is 5.57 Å². The number of hydrogen-bond donors (Lipinski definition) is 1. The molecule has 6 aliphatic rings. The minimum absolute atomic E-state index is 0.000773. The number of carbonyl (C=O) groups is 1. The van der Waals surface area contributed by atoms with E-state index in [0.29, 0.717) is 17.8 Å². The maximum absolute atomic E-state index is 12.8. The summed E-state index contributed by atoms with van der Waals surface area (Å²) in [5.41, 5.74) is 2.25. The van der Waals surface area contributed by atoms with Gasteiger partial charge in [0.15, 0.2) is 0 Å². The van der Waals surface area contributed by atoms with Gasteiger partial charge in [-0.3, -0.25) is 4.79 Å². The van der Waals surface area contributed by atoms with Crippen LogP contribution in [0.25, 0.3) is 0 Å². The fraction of sp³-hybridized carbons (Fsp3) is 0.900. The number of esters is 1.